The van der Waals surface area contributed by atoms with Crippen LogP contribution in [-0.2, 0) is 52.1 Å². The molecule has 0 saturated carbocycles. The smallest absolute Gasteiger partial charge is 0.478 e. The number of hydrogen-bond acceptors (Lipinski definition) is 10. The molecule has 6 N–H and O–H groups in total. The molecular weight excluding hydrogens is 993 g/mol. The number of carboxylic acids is 2. The van der Waals surface area contributed by atoms with Gasteiger partial charge in [-0.2, -0.15) is 35.0 Å². The molecule has 2 aromatic rings. The Morgan fingerprint density at radius 2 is 0.882 bits per heavy atom. The molecule has 0 bridgehead atoms. The van der Waals surface area contributed by atoms with E-state index in [-0.39, 0.29) is 63.0 Å². The van der Waals surface area contributed by atoms with Gasteiger partial charge in [0.25, 0.3) is 0 Å². The van der Waals surface area contributed by atoms with E-state index in [4.69, 9.17) is 21.7 Å². The zero-order chi connectivity index (χ0) is 51.4. The number of hydrogen-bond donors (Lipinski definition) is 4. The first kappa shape index (κ1) is 55.6. The molecule has 4 aliphatic heterocycles. The summed E-state index contributed by atoms with van der Waals surface area (Å²) in [5.74, 6) is -11.7. The first-order valence-corrected chi connectivity index (χ1v) is 22.8. The largest absolute Gasteiger partial charge is 0.511 e. The summed E-state index contributed by atoms with van der Waals surface area (Å²) < 4.78 is 204. The van der Waals surface area contributed by atoms with Gasteiger partial charge in [-0.05, 0) is 60.8 Å². The molecule has 0 radical (unpaired) electrons. The number of fused-ring (bicyclic) bond motifs is 2. The normalized spacial score (nSPS) is 22.0. The second kappa shape index (κ2) is 21.7. The summed E-state index contributed by atoms with van der Waals surface area (Å²) in [5, 5.41) is 15.6. The molecule has 6 rings (SSSR count). The van der Waals surface area contributed by atoms with Gasteiger partial charge < -0.3 is 31.5 Å². The van der Waals surface area contributed by atoms with Crippen molar-refractivity contribution in [2.45, 2.75) is 73.7 Å². The lowest BCUT2D eigenvalue weighted by molar-refractivity contribution is -0.134. The van der Waals surface area contributed by atoms with Crippen molar-refractivity contribution in [3.05, 3.63) is 82.4 Å². The van der Waals surface area contributed by atoms with Gasteiger partial charge in [0.2, 0.25) is 11.8 Å². The molecule has 30 heteroatoms. The summed E-state index contributed by atoms with van der Waals surface area (Å²) >= 11 is 0. The van der Waals surface area contributed by atoms with Gasteiger partial charge in [0.05, 0.1) is 0 Å². The van der Waals surface area contributed by atoms with E-state index in [1.54, 1.807) is 0 Å². The topological polar surface area (TPSA) is 242 Å². The van der Waals surface area contributed by atoms with Crippen LogP contribution in [0.2, 0.25) is 0 Å². The Balaban J connectivity index is 0.000000256. The second-order valence-electron chi connectivity index (χ2n) is 16.0. The number of rotatable bonds is 12. The molecule has 2 amide bonds. The van der Waals surface area contributed by atoms with Crippen LogP contribution in [0.1, 0.15) is 36.8 Å². The van der Waals surface area contributed by atoms with E-state index in [9.17, 15) is 88.7 Å². The minimum Gasteiger partial charge on any atom is -0.478 e. The monoisotopic (exact) mass is 1030 g/mol. The summed E-state index contributed by atoms with van der Waals surface area (Å²) in [6.45, 7) is -1.12. The van der Waals surface area contributed by atoms with Crippen molar-refractivity contribution in [1.82, 2.24) is 18.4 Å². The standard InChI is InChI=1S/2C17H19F6N3O3S.C4H4O4/c2*18-12-6-14(20)13(19)4-10(12)3-11(24)5-16(27)26-2-1-9-7-25(8-15(9)26)30(28,29)17(21,22)23;5-3(6)1-2-4(7)8/h2*4,6,9,11,15H,1-3,5,7-8,24H2;1-2H,(H,5,6)(H,7,8)/b;;2-1+/t2*9-,11+,15+;/m00./s1. The SMILES string of the molecule is N[C@@H](CC(=O)N1CC[C@H]2CN(S(=O)(=O)C(F)(F)F)C[C@H]21)Cc1cc(F)c(F)cc1F.N[C@@H](CC(=O)N1CC[C@H]2CN(S(=O)(=O)C(F)(F)F)C[C@H]21)Cc1cc(F)c(F)cc1F.O=C(O)/C=C/C(=O)O. The third kappa shape index (κ3) is 13.4. The highest BCUT2D eigenvalue weighted by Gasteiger charge is 2.57. The Hall–Kier alpha value is -5.04. The van der Waals surface area contributed by atoms with Gasteiger partial charge in [-0.1, -0.05) is 0 Å². The molecule has 0 aromatic heterocycles. The van der Waals surface area contributed by atoms with Crippen LogP contribution in [0.15, 0.2) is 36.4 Å². The summed E-state index contributed by atoms with van der Waals surface area (Å²) in [7, 11) is -11.0. The molecule has 380 valence electrons. The number of carbonyl (C=O) groups is 4. The maximum atomic E-state index is 13.7. The number of amides is 2. The average Bonchev–Trinajstić information content (AvgIpc) is 4.00. The molecule has 0 spiro atoms. The Bertz CT molecular complexity index is 2320. The third-order valence-electron chi connectivity index (χ3n) is 11.3. The van der Waals surface area contributed by atoms with Crippen molar-refractivity contribution in [1.29, 1.82) is 0 Å². The zero-order valence-corrected chi connectivity index (χ0v) is 36.5. The van der Waals surface area contributed by atoms with Crippen LogP contribution in [0.3, 0.4) is 0 Å². The van der Waals surface area contributed by atoms with Crippen molar-refractivity contribution in [3.8, 4) is 0 Å². The van der Waals surface area contributed by atoms with Crippen LogP contribution in [0, 0.1) is 46.7 Å². The Labute approximate surface area is 379 Å². The lowest BCUT2D eigenvalue weighted by Crippen LogP contribution is -2.45. The second-order valence-corrected chi connectivity index (χ2v) is 19.9. The number of nitrogens with two attached hydrogens (primary N) is 2. The predicted octanol–water partition coefficient (Wildman–Crippen LogP) is 3.20. The summed E-state index contributed by atoms with van der Waals surface area (Å²) in [6, 6.07) is -1.27. The van der Waals surface area contributed by atoms with Gasteiger partial charge in [0.15, 0.2) is 23.3 Å². The van der Waals surface area contributed by atoms with Crippen LogP contribution in [-0.4, -0.2) is 144 Å². The highest BCUT2D eigenvalue weighted by atomic mass is 32.2. The number of nitrogens with zero attached hydrogens (tertiary/aromatic N) is 4. The molecule has 6 atom stereocenters. The fourth-order valence-electron chi connectivity index (χ4n) is 8.13. The van der Waals surface area contributed by atoms with E-state index in [1.165, 1.54) is 9.80 Å². The van der Waals surface area contributed by atoms with Crippen LogP contribution in [0.4, 0.5) is 52.7 Å². The minimum absolute atomic E-state index is 0.211. The van der Waals surface area contributed by atoms with Gasteiger partial charge in [0.1, 0.15) is 11.6 Å². The fourth-order valence-corrected chi connectivity index (χ4v) is 10.2. The van der Waals surface area contributed by atoms with Crippen molar-refractivity contribution >= 4 is 43.8 Å². The molecule has 4 saturated heterocycles. The van der Waals surface area contributed by atoms with E-state index < -0.39 is 139 Å². The summed E-state index contributed by atoms with van der Waals surface area (Å²) in [6.07, 6.45) is 0.656. The van der Waals surface area contributed by atoms with Crippen molar-refractivity contribution in [2.75, 3.05) is 39.3 Å². The van der Waals surface area contributed by atoms with Crippen LogP contribution in [0.25, 0.3) is 0 Å². The first-order valence-electron chi connectivity index (χ1n) is 19.9. The quantitative estimate of drug-likeness (QED) is 0.136. The highest BCUT2D eigenvalue weighted by molar-refractivity contribution is 7.90. The van der Waals surface area contributed by atoms with Gasteiger partial charge in [0, 0.05) is 101 Å². The summed E-state index contributed by atoms with van der Waals surface area (Å²) in [5.41, 5.74) is 0.412. The zero-order valence-electron chi connectivity index (χ0n) is 34.9. The third-order valence-corrected chi connectivity index (χ3v) is 14.4. The van der Waals surface area contributed by atoms with Crippen LogP contribution >= 0.6 is 0 Å². The summed E-state index contributed by atoms with van der Waals surface area (Å²) in [4.78, 5) is 46.8. The van der Waals surface area contributed by atoms with E-state index in [1.807, 2.05) is 0 Å². The van der Waals surface area contributed by atoms with Crippen molar-refractivity contribution in [3.63, 3.8) is 0 Å². The Kier molecular flexibility index (Phi) is 17.7. The highest BCUT2D eigenvalue weighted by Crippen LogP contribution is 2.39. The van der Waals surface area contributed by atoms with E-state index in [0.29, 0.717) is 57.9 Å². The molecule has 16 nitrogen and oxygen atoms in total. The number of aliphatic carboxylic acids is 2. The number of benzene rings is 2. The molecule has 4 heterocycles. The lowest BCUT2D eigenvalue weighted by atomic mass is 10.0. The molecule has 4 aliphatic rings. The lowest BCUT2D eigenvalue weighted by Gasteiger charge is -2.26. The molecule has 68 heavy (non-hydrogen) atoms. The number of halogens is 12. The number of alkyl halides is 6. The Morgan fingerprint density at radius 1 is 0.574 bits per heavy atom. The number of sulfonamides is 2. The van der Waals surface area contributed by atoms with Crippen molar-refractivity contribution in [2.24, 2.45) is 23.3 Å². The predicted molar refractivity (Wildman–Crippen MR) is 210 cm³/mol. The van der Waals surface area contributed by atoms with E-state index in [0.717, 1.165) is 0 Å². The average molecular weight is 1030 g/mol. The minimum atomic E-state index is -5.48. The number of carbonyl (C=O) groups excluding carboxylic acids is 2. The van der Waals surface area contributed by atoms with Crippen LogP contribution < -0.4 is 11.5 Å². The molecule has 0 unspecified atom stereocenters. The maximum absolute atomic E-state index is 13.7. The first-order chi connectivity index (χ1) is 31.2. The van der Waals surface area contributed by atoms with E-state index in [2.05, 4.69) is 0 Å². The Morgan fingerprint density at radius 3 is 1.18 bits per heavy atom. The van der Waals surface area contributed by atoms with Crippen LogP contribution in [0.5, 0.6) is 0 Å². The molecule has 0 aliphatic carbocycles. The molecular formula is C38H42F12N6O10S2. The van der Waals surface area contributed by atoms with Gasteiger partial charge in [-0.15, -0.1) is 0 Å². The fraction of sp³-hybridized carbons (Fsp3) is 0.526. The number of carboxylic acid groups (broad SMARTS) is 2. The molecule has 2 aromatic carbocycles. The molecule has 4 fully saturated rings. The van der Waals surface area contributed by atoms with E-state index >= 15 is 0 Å². The van der Waals surface area contributed by atoms with Crippen molar-refractivity contribution < 1.29 is 98.9 Å². The van der Waals surface area contributed by atoms with Gasteiger partial charge in [-0.3, -0.25) is 9.59 Å². The van der Waals surface area contributed by atoms with Gasteiger partial charge >= 0.3 is 43.0 Å². The maximum Gasteiger partial charge on any atom is 0.511 e. The van der Waals surface area contributed by atoms with Gasteiger partial charge in [-0.25, -0.2) is 52.8 Å². The number of likely N-dealkylation sites (tertiary alicyclic amines) is 2.